The van der Waals surface area contributed by atoms with E-state index in [1.165, 1.54) is 0 Å². The molecule has 2 aromatic rings. The van der Waals surface area contributed by atoms with Crippen molar-refractivity contribution in [2.24, 2.45) is 10.7 Å². The third-order valence-corrected chi connectivity index (χ3v) is 4.94. The zero-order valence-corrected chi connectivity index (χ0v) is 14.8. The number of carbonyl (C=O) groups excluding carboxylic acids is 1. The number of aryl methyl sites for hydroxylation is 2. The van der Waals surface area contributed by atoms with Crippen LogP contribution < -0.4 is 5.73 Å². The molecule has 0 fully saturated rings. The fourth-order valence-corrected chi connectivity index (χ4v) is 3.80. The predicted molar refractivity (Wildman–Crippen MR) is 94.3 cm³/mol. The molecule has 0 saturated carbocycles. The molecule has 0 radical (unpaired) electrons. The van der Waals surface area contributed by atoms with Crippen molar-refractivity contribution in [2.45, 2.75) is 39.2 Å². The number of amidine groups is 1. The smallest absolute Gasteiger partial charge is 0.191 e. The van der Waals surface area contributed by atoms with Crippen LogP contribution in [-0.4, -0.2) is 26.7 Å². The Hall–Kier alpha value is -2.15. The van der Waals surface area contributed by atoms with Crippen LogP contribution in [0, 0.1) is 13.8 Å². The summed E-state index contributed by atoms with van der Waals surface area (Å²) in [5.41, 5.74) is 7.70. The number of rotatable bonds is 4. The Morgan fingerprint density at radius 1 is 1.42 bits per heavy atom. The molecule has 6 nitrogen and oxygen atoms in total. The van der Waals surface area contributed by atoms with E-state index in [0.29, 0.717) is 22.5 Å². The number of ketones is 1. The van der Waals surface area contributed by atoms with Crippen LogP contribution in [0.15, 0.2) is 27.9 Å². The molecule has 2 N–H and O–H groups in total. The van der Waals surface area contributed by atoms with Crippen LogP contribution in [0.4, 0.5) is 0 Å². The van der Waals surface area contributed by atoms with Gasteiger partial charge in [0.25, 0.3) is 0 Å². The van der Waals surface area contributed by atoms with Crippen LogP contribution in [0.5, 0.6) is 0 Å². The first-order valence-electron chi connectivity index (χ1n) is 7.77. The topological polar surface area (TPSA) is 94.4 Å². The van der Waals surface area contributed by atoms with Crippen molar-refractivity contribution in [1.82, 2.24) is 9.97 Å². The van der Waals surface area contributed by atoms with Crippen molar-refractivity contribution < 1.29 is 9.21 Å². The second-order valence-electron chi connectivity index (χ2n) is 6.14. The highest BCUT2D eigenvalue weighted by molar-refractivity contribution is 8.13. The van der Waals surface area contributed by atoms with E-state index in [9.17, 15) is 4.79 Å². The lowest BCUT2D eigenvalue weighted by Crippen LogP contribution is -2.29. The van der Waals surface area contributed by atoms with Gasteiger partial charge in [0.2, 0.25) is 0 Å². The fourth-order valence-electron chi connectivity index (χ4n) is 2.83. The molecule has 3 heterocycles. The SMILES string of the molecule is Cc1nc(C(=O)Cc2cncc([C@]3(C)CCSC(N)=N3)c2)c(C)o1. The monoisotopic (exact) mass is 344 g/mol. The molecule has 0 amide bonds. The maximum absolute atomic E-state index is 12.5. The Morgan fingerprint density at radius 3 is 2.88 bits per heavy atom. The number of nitrogens with zero attached hydrogens (tertiary/aromatic N) is 3. The molecule has 3 rings (SSSR count). The summed E-state index contributed by atoms with van der Waals surface area (Å²) in [5, 5.41) is 0.596. The number of oxazole rings is 1. The van der Waals surface area contributed by atoms with Crippen molar-refractivity contribution in [3.8, 4) is 0 Å². The van der Waals surface area contributed by atoms with Gasteiger partial charge in [0.1, 0.15) is 11.5 Å². The number of hydrogen-bond acceptors (Lipinski definition) is 7. The lowest BCUT2D eigenvalue weighted by Gasteiger charge is -2.29. The lowest BCUT2D eigenvalue weighted by atomic mass is 9.90. The maximum atomic E-state index is 12.5. The van der Waals surface area contributed by atoms with Crippen LogP contribution in [0.3, 0.4) is 0 Å². The second kappa shape index (κ2) is 6.39. The van der Waals surface area contributed by atoms with Crippen LogP contribution in [0.1, 0.15) is 46.6 Å². The number of Topliss-reactive ketones (excluding diaryl/α,β-unsaturated/α-hetero) is 1. The number of nitrogens with two attached hydrogens (primary N) is 1. The summed E-state index contributed by atoms with van der Waals surface area (Å²) in [4.78, 5) is 25.5. The summed E-state index contributed by atoms with van der Waals surface area (Å²) in [5.74, 6) is 1.90. The first-order valence-corrected chi connectivity index (χ1v) is 8.76. The minimum atomic E-state index is -0.387. The van der Waals surface area contributed by atoms with Gasteiger partial charge in [-0.25, -0.2) is 4.98 Å². The predicted octanol–water partition coefficient (Wildman–Crippen LogP) is 2.78. The van der Waals surface area contributed by atoms with Crippen LogP contribution in [-0.2, 0) is 12.0 Å². The summed E-state index contributed by atoms with van der Waals surface area (Å²) < 4.78 is 5.34. The van der Waals surface area contributed by atoms with Crippen molar-refractivity contribution in [1.29, 1.82) is 0 Å². The zero-order valence-electron chi connectivity index (χ0n) is 14.0. The quantitative estimate of drug-likeness (QED) is 0.857. The zero-order chi connectivity index (χ0) is 17.3. The Labute approximate surface area is 145 Å². The third kappa shape index (κ3) is 3.36. The largest absolute Gasteiger partial charge is 0.446 e. The van der Waals surface area contributed by atoms with Crippen LogP contribution in [0.25, 0.3) is 0 Å². The van der Waals surface area contributed by atoms with Gasteiger partial charge in [0.15, 0.2) is 16.8 Å². The maximum Gasteiger partial charge on any atom is 0.191 e. The molecule has 1 atom stereocenters. The lowest BCUT2D eigenvalue weighted by molar-refractivity contribution is 0.0987. The van der Waals surface area contributed by atoms with E-state index < -0.39 is 0 Å². The molecule has 0 aliphatic carbocycles. The number of hydrogen-bond donors (Lipinski definition) is 1. The Kier molecular flexibility index (Phi) is 4.45. The van der Waals surface area contributed by atoms with E-state index in [1.54, 1.807) is 38.0 Å². The highest BCUT2D eigenvalue weighted by Gasteiger charge is 2.30. The number of aliphatic imine (C=N–C) groups is 1. The number of carbonyl (C=O) groups is 1. The standard InChI is InChI=1S/C17H20N4O2S/c1-10-15(20-11(2)23-10)14(22)7-12-6-13(9-19-8-12)17(3)4-5-24-16(18)21-17/h6,8-9H,4-5,7H2,1-3H3,(H2,18,21)/t17-/m0/s1. The van der Waals surface area contributed by atoms with Crippen molar-refractivity contribution >= 4 is 22.7 Å². The molecule has 0 saturated heterocycles. The van der Waals surface area contributed by atoms with Gasteiger partial charge in [0.05, 0.1) is 5.54 Å². The minimum absolute atomic E-state index is 0.0735. The molecule has 1 aliphatic rings. The van der Waals surface area contributed by atoms with Crippen LogP contribution >= 0.6 is 11.8 Å². The van der Waals surface area contributed by atoms with Crippen LogP contribution in [0.2, 0.25) is 0 Å². The van der Waals surface area contributed by atoms with E-state index in [0.717, 1.165) is 23.3 Å². The molecule has 0 spiro atoms. The summed E-state index contributed by atoms with van der Waals surface area (Å²) >= 11 is 1.57. The normalized spacial score (nSPS) is 20.7. The van der Waals surface area contributed by atoms with E-state index >= 15 is 0 Å². The van der Waals surface area contributed by atoms with Gasteiger partial charge in [-0.15, -0.1) is 0 Å². The highest BCUT2D eigenvalue weighted by Crippen LogP contribution is 2.34. The Balaban J connectivity index is 1.85. The first kappa shape index (κ1) is 16.7. The highest BCUT2D eigenvalue weighted by atomic mass is 32.2. The number of aromatic nitrogens is 2. The summed E-state index contributed by atoms with van der Waals surface area (Å²) in [6.07, 6.45) is 4.63. The molecule has 1 aliphatic heterocycles. The molecular formula is C17H20N4O2S. The first-order chi connectivity index (χ1) is 11.4. The molecule has 126 valence electrons. The van der Waals surface area contributed by atoms with Gasteiger partial charge >= 0.3 is 0 Å². The van der Waals surface area contributed by atoms with Gasteiger partial charge in [-0.05, 0) is 37.5 Å². The summed E-state index contributed by atoms with van der Waals surface area (Å²) in [6, 6.07) is 1.99. The molecule has 0 unspecified atom stereocenters. The van der Waals surface area contributed by atoms with Gasteiger partial charge in [-0.2, -0.15) is 0 Å². The molecule has 2 aromatic heterocycles. The summed E-state index contributed by atoms with van der Waals surface area (Å²) in [7, 11) is 0. The average Bonchev–Trinajstić information content (AvgIpc) is 2.86. The minimum Gasteiger partial charge on any atom is -0.446 e. The molecule has 0 aromatic carbocycles. The van der Waals surface area contributed by atoms with Crippen molar-refractivity contribution in [3.05, 3.63) is 46.9 Å². The van der Waals surface area contributed by atoms with E-state index in [2.05, 4.69) is 15.0 Å². The number of pyridine rings is 1. The van der Waals surface area contributed by atoms with Gasteiger partial charge < -0.3 is 10.2 Å². The van der Waals surface area contributed by atoms with Gasteiger partial charge in [-0.3, -0.25) is 14.8 Å². The number of thioether (sulfide) groups is 1. The second-order valence-corrected chi connectivity index (χ2v) is 7.26. The van der Waals surface area contributed by atoms with E-state index in [1.807, 2.05) is 13.0 Å². The molecular weight excluding hydrogens is 324 g/mol. The van der Waals surface area contributed by atoms with E-state index in [-0.39, 0.29) is 17.7 Å². The fraction of sp³-hybridized carbons (Fsp3) is 0.412. The average molecular weight is 344 g/mol. The van der Waals surface area contributed by atoms with E-state index in [4.69, 9.17) is 10.2 Å². The Bertz CT molecular complexity index is 815. The molecule has 0 bridgehead atoms. The van der Waals surface area contributed by atoms with Gasteiger partial charge in [-0.1, -0.05) is 11.8 Å². The summed E-state index contributed by atoms with van der Waals surface area (Å²) in [6.45, 7) is 5.53. The Morgan fingerprint density at radius 2 is 2.21 bits per heavy atom. The van der Waals surface area contributed by atoms with Gasteiger partial charge in [0, 0.05) is 31.5 Å². The van der Waals surface area contributed by atoms with Crippen molar-refractivity contribution in [3.63, 3.8) is 0 Å². The molecule has 24 heavy (non-hydrogen) atoms. The van der Waals surface area contributed by atoms with Crippen molar-refractivity contribution in [2.75, 3.05) is 5.75 Å². The third-order valence-electron chi connectivity index (χ3n) is 4.14. The molecule has 7 heteroatoms.